The SMILES string of the molecule is C=CC(O)CC1Oc2c(OC)ccc3c2C1=CCCN3P(=O)(O)Oc1ccccc1. The maximum Gasteiger partial charge on any atom is 0.486 e. The molecule has 4 rings (SSSR count). The zero-order valence-electron chi connectivity index (χ0n) is 16.6. The van der Waals surface area contributed by atoms with Crippen molar-refractivity contribution in [2.24, 2.45) is 0 Å². The summed E-state index contributed by atoms with van der Waals surface area (Å²) in [7, 11) is -2.66. The first-order valence-corrected chi connectivity index (χ1v) is 11.2. The number of hydrogen-bond donors (Lipinski definition) is 2. The van der Waals surface area contributed by atoms with Crippen molar-refractivity contribution in [2.75, 3.05) is 18.3 Å². The standard InChI is InChI=1S/C22H24NO6P/c1-3-15(24)14-20-17-10-7-13-23(30(25,26)29-16-8-5-4-6-9-16)18-11-12-19(27-2)22(28-20)21(17)18/h3-6,8-12,15,20,24H,1,7,13-14H2,2H3,(H,25,26). The molecule has 0 aromatic heterocycles. The number of aliphatic hydroxyl groups excluding tert-OH is 1. The minimum Gasteiger partial charge on any atom is -0.493 e. The number of aliphatic hydroxyl groups is 1. The van der Waals surface area contributed by atoms with E-state index in [1.165, 1.54) is 10.7 Å². The van der Waals surface area contributed by atoms with E-state index in [4.69, 9.17) is 14.0 Å². The highest BCUT2D eigenvalue weighted by Gasteiger charge is 2.41. The number of rotatable bonds is 7. The second-order valence-corrected chi connectivity index (χ2v) is 8.75. The van der Waals surface area contributed by atoms with E-state index in [9.17, 15) is 14.6 Å². The monoisotopic (exact) mass is 429 g/mol. The normalized spacial score (nSPS) is 20.2. The summed E-state index contributed by atoms with van der Waals surface area (Å²) in [5.74, 6) is 1.33. The summed E-state index contributed by atoms with van der Waals surface area (Å²) < 4.78 is 31.7. The van der Waals surface area contributed by atoms with Crippen LogP contribution in [-0.4, -0.2) is 35.9 Å². The average Bonchev–Trinajstić information content (AvgIpc) is 2.96. The molecule has 158 valence electrons. The first-order chi connectivity index (χ1) is 14.4. The molecule has 0 spiro atoms. The maximum atomic E-state index is 13.3. The lowest BCUT2D eigenvalue weighted by atomic mass is 9.97. The van der Waals surface area contributed by atoms with Gasteiger partial charge in [0.15, 0.2) is 11.5 Å². The molecule has 0 aliphatic carbocycles. The Kier molecular flexibility index (Phi) is 5.60. The van der Waals surface area contributed by atoms with Crippen LogP contribution in [0.15, 0.2) is 61.2 Å². The number of para-hydroxylation sites is 1. The predicted octanol–water partition coefficient (Wildman–Crippen LogP) is 4.17. The summed E-state index contributed by atoms with van der Waals surface area (Å²) in [5.41, 5.74) is 2.09. The van der Waals surface area contributed by atoms with E-state index in [2.05, 4.69) is 6.58 Å². The molecular formula is C22H24NO6P. The minimum atomic E-state index is -4.21. The van der Waals surface area contributed by atoms with Gasteiger partial charge in [0.25, 0.3) is 0 Å². The molecule has 2 aromatic carbocycles. The number of methoxy groups -OCH3 is 1. The van der Waals surface area contributed by atoms with Crippen molar-refractivity contribution in [3.8, 4) is 17.2 Å². The predicted molar refractivity (Wildman–Crippen MR) is 115 cm³/mol. The molecule has 0 saturated heterocycles. The van der Waals surface area contributed by atoms with E-state index in [1.807, 2.05) is 12.1 Å². The van der Waals surface area contributed by atoms with Gasteiger partial charge in [0, 0.05) is 18.5 Å². The maximum absolute atomic E-state index is 13.3. The van der Waals surface area contributed by atoms with Crippen LogP contribution in [0.3, 0.4) is 0 Å². The summed E-state index contributed by atoms with van der Waals surface area (Å²) in [6.45, 7) is 3.92. The number of ether oxygens (including phenoxy) is 2. The summed E-state index contributed by atoms with van der Waals surface area (Å²) in [6, 6.07) is 12.0. The number of nitrogens with zero attached hydrogens (tertiary/aromatic N) is 1. The van der Waals surface area contributed by atoms with Crippen LogP contribution in [0.1, 0.15) is 18.4 Å². The van der Waals surface area contributed by atoms with Gasteiger partial charge in [-0.05, 0) is 30.7 Å². The molecule has 0 amide bonds. The van der Waals surface area contributed by atoms with Gasteiger partial charge in [0.1, 0.15) is 11.9 Å². The molecule has 2 N–H and O–H groups in total. The van der Waals surface area contributed by atoms with Crippen LogP contribution in [0.25, 0.3) is 5.57 Å². The summed E-state index contributed by atoms with van der Waals surface area (Å²) in [5, 5.41) is 10.1. The Bertz CT molecular complexity index is 1020. The quantitative estimate of drug-likeness (QED) is 0.505. The van der Waals surface area contributed by atoms with Gasteiger partial charge < -0.3 is 19.1 Å². The molecule has 0 saturated carbocycles. The number of hydrogen-bond acceptors (Lipinski definition) is 5. The van der Waals surface area contributed by atoms with Crippen molar-refractivity contribution in [1.29, 1.82) is 0 Å². The van der Waals surface area contributed by atoms with Crippen LogP contribution in [0.5, 0.6) is 17.2 Å². The fraction of sp³-hybridized carbons (Fsp3) is 0.273. The first-order valence-electron chi connectivity index (χ1n) is 9.68. The number of benzene rings is 2. The van der Waals surface area contributed by atoms with Gasteiger partial charge >= 0.3 is 7.75 Å². The van der Waals surface area contributed by atoms with Gasteiger partial charge in [0.2, 0.25) is 0 Å². The zero-order chi connectivity index (χ0) is 21.3. The van der Waals surface area contributed by atoms with E-state index in [1.54, 1.807) is 43.5 Å². The molecule has 3 unspecified atom stereocenters. The molecule has 2 aliphatic heterocycles. The zero-order valence-corrected chi connectivity index (χ0v) is 17.5. The van der Waals surface area contributed by atoms with Gasteiger partial charge in [-0.25, -0.2) is 4.57 Å². The van der Waals surface area contributed by atoms with E-state index in [-0.39, 0.29) is 0 Å². The third kappa shape index (κ3) is 3.72. The van der Waals surface area contributed by atoms with E-state index in [0.29, 0.717) is 47.9 Å². The fourth-order valence-corrected chi connectivity index (χ4v) is 5.11. The van der Waals surface area contributed by atoms with Crippen LogP contribution in [0, 0.1) is 0 Å². The molecule has 2 heterocycles. The molecule has 0 radical (unpaired) electrons. The summed E-state index contributed by atoms with van der Waals surface area (Å²) in [6.07, 6.45) is 3.14. The lowest BCUT2D eigenvalue weighted by Gasteiger charge is -2.28. The Morgan fingerprint density at radius 2 is 2.10 bits per heavy atom. The second-order valence-electron chi connectivity index (χ2n) is 7.10. The van der Waals surface area contributed by atoms with Gasteiger partial charge in [-0.15, -0.1) is 6.58 Å². The van der Waals surface area contributed by atoms with Crippen LogP contribution in [-0.2, 0) is 4.57 Å². The van der Waals surface area contributed by atoms with E-state index < -0.39 is 20.0 Å². The Hall–Kier alpha value is -2.73. The largest absolute Gasteiger partial charge is 0.493 e. The van der Waals surface area contributed by atoms with Crippen LogP contribution in [0.2, 0.25) is 0 Å². The lowest BCUT2D eigenvalue weighted by molar-refractivity contribution is 0.155. The van der Waals surface area contributed by atoms with Crippen molar-refractivity contribution >= 4 is 19.0 Å². The molecule has 8 heteroatoms. The van der Waals surface area contributed by atoms with Crippen LogP contribution in [0.4, 0.5) is 5.69 Å². The van der Waals surface area contributed by atoms with E-state index >= 15 is 0 Å². The topological polar surface area (TPSA) is 88.5 Å². The summed E-state index contributed by atoms with van der Waals surface area (Å²) in [4.78, 5) is 10.8. The van der Waals surface area contributed by atoms with Crippen molar-refractivity contribution < 1.29 is 28.6 Å². The van der Waals surface area contributed by atoms with Gasteiger partial charge in [0.05, 0.1) is 24.5 Å². The molecule has 7 nitrogen and oxygen atoms in total. The Balaban J connectivity index is 1.75. The van der Waals surface area contributed by atoms with E-state index in [0.717, 1.165) is 5.57 Å². The highest BCUT2D eigenvalue weighted by atomic mass is 31.2. The Morgan fingerprint density at radius 1 is 1.33 bits per heavy atom. The third-order valence-corrected chi connectivity index (χ3v) is 6.67. The van der Waals surface area contributed by atoms with Crippen molar-refractivity contribution in [2.45, 2.75) is 25.0 Å². The number of anilines is 1. The third-order valence-electron chi connectivity index (χ3n) is 5.20. The van der Waals surface area contributed by atoms with Gasteiger partial charge in [-0.3, -0.25) is 9.56 Å². The van der Waals surface area contributed by atoms with Gasteiger partial charge in [-0.1, -0.05) is 30.4 Å². The fourth-order valence-electron chi connectivity index (χ4n) is 3.81. The van der Waals surface area contributed by atoms with Crippen LogP contribution >= 0.6 is 7.75 Å². The Labute approximate surface area is 175 Å². The molecule has 30 heavy (non-hydrogen) atoms. The minimum absolute atomic E-state index is 0.291. The first kappa shape index (κ1) is 20.5. The van der Waals surface area contributed by atoms with Crippen molar-refractivity contribution in [1.82, 2.24) is 0 Å². The molecular weight excluding hydrogens is 405 g/mol. The van der Waals surface area contributed by atoms with Crippen LogP contribution < -0.4 is 18.7 Å². The molecule has 0 bridgehead atoms. The average molecular weight is 429 g/mol. The Morgan fingerprint density at radius 3 is 2.80 bits per heavy atom. The molecule has 0 fully saturated rings. The molecule has 3 atom stereocenters. The van der Waals surface area contributed by atoms with Crippen molar-refractivity contribution in [3.05, 3.63) is 66.8 Å². The molecule has 2 aliphatic rings. The van der Waals surface area contributed by atoms with Crippen molar-refractivity contribution in [3.63, 3.8) is 0 Å². The highest BCUT2D eigenvalue weighted by Crippen LogP contribution is 2.57. The highest BCUT2D eigenvalue weighted by molar-refractivity contribution is 7.55. The summed E-state index contributed by atoms with van der Waals surface area (Å²) >= 11 is 0. The lowest BCUT2D eigenvalue weighted by Crippen LogP contribution is -2.23. The molecule has 2 aromatic rings. The second kappa shape index (κ2) is 8.19. The van der Waals surface area contributed by atoms with Gasteiger partial charge in [-0.2, -0.15) is 0 Å². The smallest absolute Gasteiger partial charge is 0.486 e.